The normalized spacial score (nSPS) is 15.8. The molecule has 7 heteroatoms. The van der Waals surface area contributed by atoms with Crippen molar-refractivity contribution in [3.05, 3.63) is 29.8 Å². The number of anilines is 1. The highest BCUT2D eigenvalue weighted by Gasteiger charge is 2.23. The van der Waals surface area contributed by atoms with Crippen LogP contribution in [0, 0.1) is 0 Å². The van der Waals surface area contributed by atoms with Crippen molar-refractivity contribution in [2.24, 2.45) is 5.73 Å². The molecule has 0 aliphatic heterocycles. The van der Waals surface area contributed by atoms with E-state index in [4.69, 9.17) is 10.5 Å². The van der Waals surface area contributed by atoms with Crippen LogP contribution in [0.5, 0.6) is 0 Å². The first-order valence-electron chi connectivity index (χ1n) is 8.45. The van der Waals surface area contributed by atoms with Gasteiger partial charge in [-0.1, -0.05) is 19.3 Å². The van der Waals surface area contributed by atoms with Gasteiger partial charge in [-0.3, -0.25) is 9.59 Å². The highest BCUT2D eigenvalue weighted by molar-refractivity contribution is 5.97. The maximum absolute atomic E-state index is 12.6. The Hall–Kier alpha value is -1.63. The van der Waals surface area contributed by atoms with Gasteiger partial charge in [-0.05, 0) is 37.1 Å². The minimum Gasteiger partial charge on any atom is -0.383 e. The minimum atomic E-state index is -0.714. The Morgan fingerprint density at radius 2 is 1.84 bits per heavy atom. The molecule has 0 spiro atoms. The molecular formula is C18H28ClN3O3. The molecule has 1 saturated carbocycles. The van der Waals surface area contributed by atoms with Gasteiger partial charge in [0.05, 0.1) is 6.61 Å². The largest absolute Gasteiger partial charge is 0.383 e. The number of nitrogens with one attached hydrogen (secondary N) is 1. The highest BCUT2D eigenvalue weighted by atomic mass is 35.5. The van der Waals surface area contributed by atoms with E-state index in [0.29, 0.717) is 17.3 Å². The lowest BCUT2D eigenvalue weighted by atomic mass is 9.94. The van der Waals surface area contributed by atoms with Gasteiger partial charge in [-0.25, -0.2) is 0 Å². The smallest absolute Gasteiger partial charge is 0.253 e. The van der Waals surface area contributed by atoms with E-state index in [1.54, 1.807) is 24.3 Å². The van der Waals surface area contributed by atoms with Crippen molar-refractivity contribution in [2.75, 3.05) is 26.1 Å². The molecule has 0 aromatic heterocycles. The number of benzene rings is 1. The van der Waals surface area contributed by atoms with Gasteiger partial charge in [-0.2, -0.15) is 0 Å². The number of halogens is 1. The first-order valence-corrected chi connectivity index (χ1v) is 8.45. The third-order valence-electron chi connectivity index (χ3n) is 4.53. The second-order valence-corrected chi connectivity index (χ2v) is 6.34. The molecule has 2 amide bonds. The molecule has 0 heterocycles. The SMILES string of the molecule is COCC(N)C(=O)Nc1ccc(C(=O)N(C)C2CCCCC2)cc1.Cl. The van der Waals surface area contributed by atoms with Gasteiger partial charge in [0, 0.05) is 31.5 Å². The van der Waals surface area contributed by atoms with Gasteiger partial charge in [0.15, 0.2) is 0 Å². The predicted molar refractivity (Wildman–Crippen MR) is 101 cm³/mol. The maximum atomic E-state index is 12.6. The Kier molecular flexibility index (Phi) is 8.89. The molecular weight excluding hydrogens is 342 g/mol. The summed E-state index contributed by atoms with van der Waals surface area (Å²) in [5.41, 5.74) is 6.92. The number of carbonyl (C=O) groups excluding carboxylic acids is 2. The van der Waals surface area contributed by atoms with Crippen LogP contribution in [-0.4, -0.2) is 49.6 Å². The molecule has 1 aliphatic carbocycles. The lowest BCUT2D eigenvalue weighted by Gasteiger charge is -2.31. The summed E-state index contributed by atoms with van der Waals surface area (Å²) in [5.74, 6) is -0.286. The lowest BCUT2D eigenvalue weighted by Crippen LogP contribution is -2.39. The number of methoxy groups -OCH3 is 1. The summed E-state index contributed by atoms with van der Waals surface area (Å²) in [6.45, 7) is 0.161. The number of hydrogen-bond donors (Lipinski definition) is 2. The first-order chi connectivity index (χ1) is 11.5. The van der Waals surface area contributed by atoms with Crippen molar-refractivity contribution < 1.29 is 14.3 Å². The fraction of sp³-hybridized carbons (Fsp3) is 0.556. The van der Waals surface area contributed by atoms with Crippen LogP contribution in [0.15, 0.2) is 24.3 Å². The summed E-state index contributed by atoms with van der Waals surface area (Å²) in [5, 5.41) is 2.72. The van der Waals surface area contributed by atoms with Gasteiger partial charge in [0.2, 0.25) is 5.91 Å². The zero-order valence-electron chi connectivity index (χ0n) is 14.9. The Morgan fingerprint density at radius 3 is 2.40 bits per heavy atom. The summed E-state index contributed by atoms with van der Waals surface area (Å²) >= 11 is 0. The summed E-state index contributed by atoms with van der Waals surface area (Å²) in [6, 6.07) is 6.53. The van der Waals surface area contributed by atoms with Crippen molar-refractivity contribution in [3.63, 3.8) is 0 Å². The van der Waals surface area contributed by atoms with Crippen LogP contribution in [0.1, 0.15) is 42.5 Å². The third kappa shape index (κ3) is 5.99. The Balaban J connectivity index is 0.00000312. The number of nitrogens with two attached hydrogens (primary N) is 1. The van der Waals surface area contributed by atoms with Crippen LogP contribution in [0.4, 0.5) is 5.69 Å². The second-order valence-electron chi connectivity index (χ2n) is 6.34. The number of hydrogen-bond acceptors (Lipinski definition) is 4. The Bertz CT molecular complexity index is 559. The Labute approximate surface area is 155 Å². The van der Waals surface area contributed by atoms with E-state index >= 15 is 0 Å². The lowest BCUT2D eigenvalue weighted by molar-refractivity contribution is -0.118. The predicted octanol–water partition coefficient (Wildman–Crippen LogP) is 2.43. The van der Waals surface area contributed by atoms with Gasteiger partial charge in [-0.15, -0.1) is 12.4 Å². The third-order valence-corrected chi connectivity index (χ3v) is 4.53. The maximum Gasteiger partial charge on any atom is 0.253 e. The van der Waals surface area contributed by atoms with E-state index in [1.165, 1.54) is 26.4 Å². The molecule has 0 radical (unpaired) electrons. The summed E-state index contributed by atoms with van der Waals surface area (Å²) < 4.78 is 4.86. The molecule has 1 atom stereocenters. The highest BCUT2D eigenvalue weighted by Crippen LogP contribution is 2.23. The molecule has 0 bridgehead atoms. The van der Waals surface area contributed by atoms with Gasteiger partial charge in [0.25, 0.3) is 5.91 Å². The standard InChI is InChI=1S/C18H27N3O3.ClH/c1-21(15-6-4-3-5-7-15)18(23)13-8-10-14(11-9-13)20-17(22)16(19)12-24-2;/h8-11,15-16H,3-7,12,19H2,1-2H3,(H,20,22);1H. The topological polar surface area (TPSA) is 84.7 Å². The number of amides is 2. The molecule has 1 unspecified atom stereocenters. The van der Waals surface area contributed by atoms with Crippen molar-refractivity contribution in [1.29, 1.82) is 0 Å². The second kappa shape index (κ2) is 10.4. The molecule has 2 rings (SSSR count). The summed E-state index contributed by atoms with van der Waals surface area (Å²) in [6.07, 6.45) is 5.80. The molecule has 1 aromatic rings. The van der Waals surface area contributed by atoms with Crippen molar-refractivity contribution in [2.45, 2.75) is 44.2 Å². The van der Waals surface area contributed by atoms with Crippen molar-refractivity contribution in [1.82, 2.24) is 4.90 Å². The Morgan fingerprint density at radius 1 is 1.24 bits per heavy atom. The van der Waals surface area contributed by atoms with Crippen LogP contribution in [0.3, 0.4) is 0 Å². The van der Waals surface area contributed by atoms with Crippen LogP contribution >= 0.6 is 12.4 Å². The quantitative estimate of drug-likeness (QED) is 0.806. The molecule has 1 fully saturated rings. The number of ether oxygens (including phenoxy) is 1. The van der Waals surface area contributed by atoms with E-state index in [2.05, 4.69) is 5.32 Å². The van der Waals surface area contributed by atoms with Crippen molar-refractivity contribution in [3.8, 4) is 0 Å². The monoisotopic (exact) mass is 369 g/mol. The molecule has 6 nitrogen and oxygen atoms in total. The summed E-state index contributed by atoms with van der Waals surface area (Å²) in [7, 11) is 3.37. The average molecular weight is 370 g/mol. The minimum absolute atomic E-state index is 0. The molecule has 140 valence electrons. The average Bonchev–Trinajstić information content (AvgIpc) is 2.62. The van der Waals surface area contributed by atoms with Crippen LogP contribution in [0.25, 0.3) is 0 Å². The van der Waals surface area contributed by atoms with Gasteiger partial charge >= 0.3 is 0 Å². The van der Waals surface area contributed by atoms with E-state index < -0.39 is 6.04 Å². The zero-order chi connectivity index (χ0) is 17.5. The fourth-order valence-corrected chi connectivity index (χ4v) is 3.02. The van der Waals surface area contributed by atoms with Crippen LogP contribution in [-0.2, 0) is 9.53 Å². The van der Waals surface area contributed by atoms with Crippen LogP contribution in [0.2, 0.25) is 0 Å². The van der Waals surface area contributed by atoms with E-state index in [-0.39, 0.29) is 30.8 Å². The molecule has 3 N–H and O–H groups in total. The molecule has 25 heavy (non-hydrogen) atoms. The van der Waals surface area contributed by atoms with Crippen molar-refractivity contribution >= 4 is 29.9 Å². The zero-order valence-corrected chi connectivity index (χ0v) is 15.7. The van der Waals surface area contributed by atoms with Gasteiger partial charge in [0.1, 0.15) is 6.04 Å². The van der Waals surface area contributed by atoms with Crippen LogP contribution < -0.4 is 11.1 Å². The van der Waals surface area contributed by atoms with E-state index in [0.717, 1.165) is 12.8 Å². The molecule has 1 aliphatic rings. The number of nitrogens with zero attached hydrogens (tertiary/aromatic N) is 1. The number of rotatable bonds is 6. The summed E-state index contributed by atoms with van der Waals surface area (Å²) in [4.78, 5) is 26.3. The van der Waals surface area contributed by atoms with Gasteiger partial charge < -0.3 is 20.7 Å². The number of carbonyl (C=O) groups is 2. The fourth-order valence-electron chi connectivity index (χ4n) is 3.02. The molecule has 1 aromatic carbocycles. The molecule has 0 saturated heterocycles. The van der Waals surface area contributed by atoms with E-state index in [1.807, 2.05) is 11.9 Å². The van der Waals surface area contributed by atoms with E-state index in [9.17, 15) is 9.59 Å². The first kappa shape index (κ1) is 21.4.